The smallest absolute Gasteiger partial charge is 0.251 e. The third-order valence-corrected chi connectivity index (χ3v) is 7.15. The Kier molecular flexibility index (Phi) is 7.84. The SMILES string of the molecule is O=C(NCCCOC1CCCCC1)c1ccc(S(=O)(=O)N2CCOCC2)cc1. The van der Waals surface area contributed by atoms with Gasteiger partial charge in [-0.2, -0.15) is 4.31 Å². The molecule has 0 unspecified atom stereocenters. The first kappa shape index (κ1) is 21.2. The number of nitrogens with one attached hydrogen (secondary N) is 1. The van der Waals surface area contributed by atoms with Gasteiger partial charge >= 0.3 is 0 Å². The lowest BCUT2D eigenvalue weighted by molar-refractivity contribution is 0.0273. The molecule has 1 aromatic carbocycles. The summed E-state index contributed by atoms with van der Waals surface area (Å²) in [4.78, 5) is 12.4. The van der Waals surface area contributed by atoms with Gasteiger partial charge in [0, 0.05) is 31.8 Å². The largest absolute Gasteiger partial charge is 0.379 e. The standard InChI is InChI=1S/C20H30N2O5S/c23-20(21-11-4-14-27-18-5-2-1-3-6-18)17-7-9-19(10-8-17)28(24,25)22-12-15-26-16-13-22/h7-10,18H,1-6,11-16H2,(H,21,23). The molecular weight excluding hydrogens is 380 g/mol. The van der Waals surface area contributed by atoms with Crippen LogP contribution in [0.15, 0.2) is 29.2 Å². The monoisotopic (exact) mass is 410 g/mol. The molecule has 3 rings (SSSR count). The number of sulfonamides is 1. The van der Waals surface area contributed by atoms with E-state index >= 15 is 0 Å². The molecule has 2 fully saturated rings. The molecule has 28 heavy (non-hydrogen) atoms. The number of morpholine rings is 1. The first-order valence-electron chi connectivity index (χ1n) is 10.1. The Labute approximate surface area is 167 Å². The summed E-state index contributed by atoms with van der Waals surface area (Å²) in [7, 11) is -3.53. The summed E-state index contributed by atoms with van der Waals surface area (Å²) in [6, 6.07) is 6.10. The van der Waals surface area contributed by atoms with Crippen LogP contribution in [0.25, 0.3) is 0 Å². The van der Waals surface area contributed by atoms with Crippen molar-refractivity contribution in [3.05, 3.63) is 29.8 Å². The van der Waals surface area contributed by atoms with Gasteiger partial charge in [-0.3, -0.25) is 4.79 Å². The van der Waals surface area contributed by atoms with Crippen LogP contribution in [0.1, 0.15) is 48.9 Å². The molecule has 1 amide bonds. The van der Waals surface area contributed by atoms with Crippen molar-refractivity contribution >= 4 is 15.9 Å². The zero-order chi connectivity index (χ0) is 19.8. The predicted octanol–water partition coefficient (Wildman–Crippen LogP) is 2.18. The van der Waals surface area contributed by atoms with Crippen LogP contribution in [-0.4, -0.2) is 64.2 Å². The molecule has 1 saturated carbocycles. The van der Waals surface area contributed by atoms with Crippen LogP contribution in [0.3, 0.4) is 0 Å². The Morgan fingerprint density at radius 2 is 1.79 bits per heavy atom. The molecule has 1 saturated heterocycles. The van der Waals surface area contributed by atoms with Crippen LogP contribution in [0.4, 0.5) is 0 Å². The first-order valence-corrected chi connectivity index (χ1v) is 11.6. The Hall–Kier alpha value is -1.48. The highest BCUT2D eigenvalue weighted by atomic mass is 32.2. The fraction of sp³-hybridized carbons (Fsp3) is 0.650. The number of amides is 1. The number of hydrogen-bond donors (Lipinski definition) is 1. The predicted molar refractivity (Wildman–Crippen MR) is 106 cm³/mol. The van der Waals surface area contributed by atoms with E-state index in [2.05, 4.69) is 5.32 Å². The molecule has 0 aromatic heterocycles. The van der Waals surface area contributed by atoms with E-state index in [1.54, 1.807) is 12.1 Å². The van der Waals surface area contributed by atoms with Gasteiger partial charge in [0.2, 0.25) is 10.0 Å². The second-order valence-corrected chi connectivity index (χ2v) is 9.22. The average molecular weight is 411 g/mol. The molecule has 1 aliphatic carbocycles. The van der Waals surface area contributed by atoms with Gasteiger partial charge in [-0.25, -0.2) is 8.42 Å². The van der Waals surface area contributed by atoms with E-state index < -0.39 is 10.0 Å². The van der Waals surface area contributed by atoms with E-state index in [4.69, 9.17) is 9.47 Å². The van der Waals surface area contributed by atoms with Crippen molar-refractivity contribution in [3.63, 3.8) is 0 Å². The minimum Gasteiger partial charge on any atom is -0.379 e. The van der Waals surface area contributed by atoms with Gasteiger partial charge in [-0.15, -0.1) is 0 Å². The van der Waals surface area contributed by atoms with E-state index in [9.17, 15) is 13.2 Å². The van der Waals surface area contributed by atoms with Crippen molar-refractivity contribution in [2.45, 2.75) is 49.5 Å². The van der Waals surface area contributed by atoms with Crippen LogP contribution >= 0.6 is 0 Å². The van der Waals surface area contributed by atoms with Gasteiger partial charge in [0.05, 0.1) is 24.2 Å². The summed E-state index contributed by atoms with van der Waals surface area (Å²) in [5.41, 5.74) is 0.453. The second kappa shape index (κ2) is 10.3. The number of benzene rings is 1. The number of hydrogen-bond acceptors (Lipinski definition) is 5. The van der Waals surface area contributed by atoms with Gasteiger partial charge in [-0.05, 0) is 43.5 Å². The molecule has 7 nitrogen and oxygen atoms in total. The van der Waals surface area contributed by atoms with Gasteiger partial charge < -0.3 is 14.8 Å². The molecule has 156 valence electrons. The highest BCUT2D eigenvalue weighted by Gasteiger charge is 2.26. The maximum atomic E-state index is 12.6. The van der Waals surface area contributed by atoms with E-state index in [1.165, 1.54) is 35.7 Å². The summed E-state index contributed by atoms with van der Waals surface area (Å²) in [6.07, 6.45) is 7.24. The van der Waals surface area contributed by atoms with Crippen LogP contribution in [0, 0.1) is 0 Å². The Bertz CT molecular complexity index is 723. The molecule has 0 spiro atoms. The second-order valence-electron chi connectivity index (χ2n) is 7.28. The van der Waals surface area contributed by atoms with Crippen molar-refractivity contribution in [3.8, 4) is 0 Å². The number of carbonyl (C=O) groups excluding carboxylic acids is 1. The van der Waals surface area contributed by atoms with Crippen LogP contribution in [-0.2, 0) is 19.5 Å². The summed E-state index contributed by atoms with van der Waals surface area (Å²) < 4.78 is 37.7. The third kappa shape index (κ3) is 5.76. The highest BCUT2D eigenvalue weighted by Crippen LogP contribution is 2.20. The summed E-state index contributed by atoms with van der Waals surface area (Å²) in [5.74, 6) is -0.201. The molecule has 0 bridgehead atoms. The molecule has 0 radical (unpaired) electrons. The molecule has 1 heterocycles. The van der Waals surface area contributed by atoms with Gasteiger partial charge in [-0.1, -0.05) is 19.3 Å². The van der Waals surface area contributed by atoms with Crippen molar-refractivity contribution in [2.75, 3.05) is 39.5 Å². The third-order valence-electron chi connectivity index (χ3n) is 5.24. The Morgan fingerprint density at radius 1 is 1.11 bits per heavy atom. The molecule has 0 atom stereocenters. The minimum atomic E-state index is -3.53. The maximum Gasteiger partial charge on any atom is 0.251 e. The molecule has 2 aliphatic rings. The summed E-state index contributed by atoms with van der Waals surface area (Å²) >= 11 is 0. The lowest BCUT2D eigenvalue weighted by Crippen LogP contribution is -2.40. The van der Waals surface area contributed by atoms with Crippen molar-refractivity contribution < 1.29 is 22.7 Å². The average Bonchev–Trinajstić information content (AvgIpc) is 2.75. The maximum absolute atomic E-state index is 12.6. The van der Waals surface area contributed by atoms with Crippen molar-refractivity contribution in [2.24, 2.45) is 0 Å². The van der Waals surface area contributed by atoms with Crippen LogP contribution in [0.2, 0.25) is 0 Å². The van der Waals surface area contributed by atoms with Crippen LogP contribution in [0.5, 0.6) is 0 Å². The topological polar surface area (TPSA) is 84.9 Å². The Balaban J connectivity index is 1.43. The molecule has 1 aliphatic heterocycles. The fourth-order valence-electron chi connectivity index (χ4n) is 3.57. The Morgan fingerprint density at radius 3 is 2.46 bits per heavy atom. The molecular formula is C20H30N2O5S. The lowest BCUT2D eigenvalue weighted by atomic mass is 9.98. The zero-order valence-corrected chi connectivity index (χ0v) is 17.1. The van der Waals surface area contributed by atoms with Gasteiger partial charge in [0.25, 0.3) is 5.91 Å². The number of ether oxygens (including phenoxy) is 2. The first-order chi connectivity index (χ1) is 13.6. The van der Waals surface area contributed by atoms with E-state index in [1.807, 2.05) is 0 Å². The van der Waals surface area contributed by atoms with E-state index in [0.717, 1.165) is 19.3 Å². The molecule has 8 heteroatoms. The zero-order valence-electron chi connectivity index (χ0n) is 16.3. The van der Waals surface area contributed by atoms with Gasteiger partial charge in [0.1, 0.15) is 0 Å². The molecule has 1 aromatic rings. The van der Waals surface area contributed by atoms with E-state index in [-0.39, 0.29) is 10.8 Å². The van der Waals surface area contributed by atoms with Crippen LogP contribution < -0.4 is 5.32 Å². The van der Waals surface area contributed by atoms with Crippen molar-refractivity contribution in [1.82, 2.24) is 9.62 Å². The van der Waals surface area contributed by atoms with Gasteiger partial charge in [0.15, 0.2) is 0 Å². The van der Waals surface area contributed by atoms with Crippen molar-refractivity contribution in [1.29, 1.82) is 0 Å². The quantitative estimate of drug-likeness (QED) is 0.664. The number of carbonyl (C=O) groups is 1. The minimum absolute atomic E-state index is 0.201. The number of rotatable bonds is 8. The molecule has 1 N–H and O–H groups in total. The normalized spacial score (nSPS) is 19.4. The number of nitrogens with zero attached hydrogens (tertiary/aromatic N) is 1. The lowest BCUT2D eigenvalue weighted by Gasteiger charge is -2.26. The summed E-state index contributed by atoms with van der Waals surface area (Å²) in [6.45, 7) is 2.72. The van der Waals surface area contributed by atoms with E-state index in [0.29, 0.717) is 51.1 Å². The highest BCUT2D eigenvalue weighted by molar-refractivity contribution is 7.89. The fourth-order valence-corrected chi connectivity index (χ4v) is 4.98. The summed E-state index contributed by atoms with van der Waals surface area (Å²) in [5, 5.41) is 2.86.